The third-order valence-corrected chi connectivity index (χ3v) is 5.17. The normalized spacial score (nSPS) is 14.8. The summed E-state index contributed by atoms with van der Waals surface area (Å²) in [5, 5.41) is 3.71. The lowest BCUT2D eigenvalue weighted by molar-refractivity contribution is 0.443. The van der Waals surface area contributed by atoms with Gasteiger partial charge in [-0.1, -0.05) is 11.6 Å². The summed E-state index contributed by atoms with van der Waals surface area (Å²) >= 11 is 6.33. The second-order valence-electron chi connectivity index (χ2n) is 7.11. The highest BCUT2D eigenvalue weighted by Crippen LogP contribution is 2.32. The maximum atomic E-state index is 14.7. The number of fused-ring (bicyclic) bond motifs is 1. The molecule has 1 N–H and O–H groups in total. The van der Waals surface area contributed by atoms with Crippen molar-refractivity contribution in [2.75, 3.05) is 5.32 Å². The average Bonchev–Trinajstić information content (AvgIpc) is 2.89. The molecule has 136 valence electrons. The van der Waals surface area contributed by atoms with Crippen LogP contribution in [0.3, 0.4) is 0 Å². The molecular weight excluding hydrogens is 353 g/mol. The Morgan fingerprint density at radius 2 is 2.04 bits per heavy atom. The summed E-state index contributed by atoms with van der Waals surface area (Å²) in [5.41, 5.74) is 2.27. The minimum Gasteiger partial charge on any atom is -0.351 e. The lowest BCUT2D eigenvalue weighted by atomic mass is 9.93. The van der Waals surface area contributed by atoms with E-state index in [1.54, 1.807) is 6.20 Å². The summed E-state index contributed by atoms with van der Waals surface area (Å²) in [6, 6.07) is 3.93. The Morgan fingerprint density at radius 3 is 2.69 bits per heavy atom. The lowest BCUT2D eigenvalue weighted by Gasteiger charge is -2.26. The fraction of sp³-hybridized carbons (Fsp3) is 0.421. The molecule has 0 spiro atoms. The predicted octanol–water partition coefficient (Wildman–Crippen LogP) is 5.14. The van der Waals surface area contributed by atoms with Crippen molar-refractivity contribution in [3.05, 3.63) is 35.0 Å². The van der Waals surface area contributed by atoms with Gasteiger partial charge in [0.2, 0.25) is 5.95 Å². The third-order valence-electron chi connectivity index (χ3n) is 4.90. The summed E-state index contributed by atoms with van der Waals surface area (Å²) in [4.78, 5) is 13.2. The molecule has 0 saturated heterocycles. The number of hydrogen-bond acceptors (Lipinski definition) is 4. The SMILES string of the molecule is Cc1nc2c(F)cc(-c3nc(NC4CCC4)ncc3Cl)cc2n1C(C)C. The van der Waals surface area contributed by atoms with Crippen LogP contribution in [-0.4, -0.2) is 25.6 Å². The Hall–Kier alpha value is -2.21. The maximum Gasteiger partial charge on any atom is 0.223 e. The van der Waals surface area contributed by atoms with Gasteiger partial charge in [0.05, 0.1) is 22.4 Å². The number of nitrogens with one attached hydrogen (secondary N) is 1. The van der Waals surface area contributed by atoms with E-state index in [0.717, 1.165) is 24.2 Å². The molecule has 3 aromatic rings. The van der Waals surface area contributed by atoms with E-state index < -0.39 is 0 Å². The molecular formula is C19H21ClFN5. The van der Waals surface area contributed by atoms with Gasteiger partial charge in [-0.05, 0) is 52.2 Å². The van der Waals surface area contributed by atoms with Crippen molar-refractivity contribution in [2.45, 2.75) is 52.1 Å². The highest BCUT2D eigenvalue weighted by molar-refractivity contribution is 6.33. The van der Waals surface area contributed by atoms with Crippen LogP contribution in [0.25, 0.3) is 22.3 Å². The van der Waals surface area contributed by atoms with E-state index in [1.165, 1.54) is 12.5 Å². The quantitative estimate of drug-likeness (QED) is 0.688. The van der Waals surface area contributed by atoms with E-state index in [9.17, 15) is 4.39 Å². The van der Waals surface area contributed by atoms with E-state index in [2.05, 4.69) is 34.1 Å². The van der Waals surface area contributed by atoms with Crippen LogP contribution in [0.2, 0.25) is 5.02 Å². The van der Waals surface area contributed by atoms with Crippen LogP contribution in [-0.2, 0) is 0 Å². The lowest BCUT2D eigenvalue weighted by Crippen LogP contribution is -2.28. The largest absolute Gasteiger partial charge is 0.351 e. The maximum absolute atomic E-state index is 14.7. The molecule has 0 radical (unpaired) electrons. The second-order valence-corrected chi connectivity index (χ2v) is 7.52. The smallest absolute Gasteiger partial charge is 0.223 e. The number of halogens is 2. The molecule has 7 heteroatoms. The van der Waals surface area contributed by atoms with Crippen LogP contribution < -0.4 is 5.32 Å². The summed E-state index contributed by atoms with van der Waals surface area (Å²) in [6.07, 6.45) is 5.03. The first-order chi connectivity index (χ1) is 12.4. The zero-order chi connectivity index (χ0) is 18.4. The topological polar surface area (TPSA) is 55.6 Å². The van der Waals surface area contributed by atoms with Crippen LogP contribution >= 0.6 is 11.6 Å². The van der Waals surface area contributed by atoms with Crippen molar-refractivity contribution >= 4 is 28.6 Å². The molecule has 5 nitrogen and oxygen atoms in total. The molecule has 0 atom stereocenters. The molecule has 26 heavy (non-hydrogen) atoms. The molecule has 1 fully saturated rings. The van der Waals surface area contributed by atoms with Crippen molar-refractivity contribution in [1.82, 2.24) is 19.5 Å². The molecule has 1 aliphatic rings. The fourth-order valence-corrected chi connectivity index (χ4v) is 3.63. The molecule has 0 unspecified atom stereocenters. The van der Waals surface area contributed by atoms with Crippen LogP contribution in [0.15, 0.2) is 18.3 Å². The number of benzene rings is 1. The van der Waals surface area contributed by atoms with Crippen molar-refractivity contribution < 1.29 is 4.39 Å². The van der Waals surface area contributed by atoms with Gasteiger partial charge in [0.15, 0.2) is 5.82 Å². The third kappa shape index (κ3) is 2.92. The van der Waals surface area contributed by atoms with Gasteiger partial charge in [0.25, 0.3) is 0 Å². The second kappa shape index (κ2) is 6.50. The zero-order valence-electron chi connectivity index (χ0n) is 15.1. The number of aromatic nitrogens is 4. The summed E-state index contributed by atoms with van der Waals surface area (Å²) in [5.74, 6) is 0.943. The Labute approximate surface area is 156 Å². The first-order valence-electron chi connectivity index (χ1n) is 8.91. The van der Waals surface area contributed by atoms with Crippen molar-refractivity contribution in [2.24, 2.45) is 0 Å². The standard InChI is InChI=1S/C19H21ClFN5/c1-10(2)26-11(3)23-18-15(21)7-12(8-16(18)26)17-14(20)9-22-19(25-17)24-13-5-4-6-13/h7-10,13H,4-6H2,1-3H3,(H,22,24,25). The van der Waals surface area contributed by atoms with Crippen molar-refractivity contribution in [3.63, 3.8) is 0 Å². The molecule has 2 aromatic heterocycles. The summed E-state index contributed by atoms with van der Waals surface area (Å²) in [7, 11) is 0. The highest BCUT2D eigenvalue weighted by atomic mass is 35.5. The number of nitrogens with zero attached hydrogens (tertiary/aromatic N) is 4. The van der Waals surface area contributed by atoms with Crippen LogP contribution in [0.1, 0.15) is 45.0 Å². The van der Waals surface area contributed by atoms with E-state index in [0.29, 0.717) is 33.8 Å². The molecule has 0 amide bonds. The average molecular weight is 374 g/mol. The Morgan fingerprint density at radius 1 is 1.27 bits per heavy atom. The van der Waals surface area contributed by atoms with Gasteiger partial charge in [-0.25, -0.2) is 19.3 Å². The van der Waals surface area contributed by atoms with Gasteiger partial charge in [-0.15, -0.1) is 0 Å². The predicted molar refractivity (Wildman–Crippen MR) is 102 cm³/mol. The zero-order valence-corrected chi connectivity index (χ0v) is 15.8. The monoisotopic (exact) mass is 373 g/mol. The number of hydrogen-bond donors (Lipinski definition) is 1. The van der Waals surface area contributed by atoms with Crippen LogP contribution in [0, 0.1) is 12.7 Å². The molecule has 1 aliphatic carbocycles. The van der Waals surface area contributed by atoms with Crippen molar-refractivity contribution in [3.8, 4) is 11.3 Å². The van der Waals surface area contributed by atoms with Gasteiger partial charge < -0.3 is 9.88 Å². The van der Waals surface area contributed by atoms with Crippen LogP contribution in [0.5, 0.6) is 0 Å². The number of anilines is 1. The number of rotatable bonds is 4. The van der Waals surface area contributed by atoms with Crippen molar-refractivity contribution in [1.29, 1.82) is 0 Å². The fourth-order valence-electron chi connectivity index (χ4n) is 3.43. The minimum absolute atomic E-state index is 0.173. The van der Waals surface area contributed by atoms with E-state index >= 15 is 0 Å². The van der Waals surface area contributed by atoms with Gasteiger partial charge in [0, 0.05) is 17.6 Å². The highest BCUT2D eigenvalue weighted by Gasteiger charge is 2.20. The summed E-state index contributed by atoms with van der Waals surface area (Å²) in [6.45, 7) is 5.99. The summed E-state index contributed by atoms with van der Waals surface area (Å²) < 4.78 is 16.7. The molecule has 1 aromatic carbocycles. The van der Waals surface area contributed by atoms with Crippen LogP contribution in [0.4, 0.5) is 10.3 Å². The van der Waals surface area contributed by atoms with Gasteiger partial charge in [-0.3, -0.25) is 0 Å². The Bertz CT molecular complexity index is 978. The first kappa shape index (κ1) is 17.2. The molecule has 4 rings (SSSR count). The molecule has 0 bridgehead atoms. The molecule has 1 saturated carbocycles. The van der Waals surface area contributed by atoms with E-state index in [-0.39, 0.29) is 11.9 Å². The Balaban J connectivity index is 1.83. The number of imidazole rings is 1. The minimum atomic E-state index is -0.372. The van der Waals surface area contributed by atoms with E-state index in [1.807, 2.05) is 17.6 Å². The van der Waals surface area contributed by atoms with Gasteiger partial charge >= 0.3 is 0 Å². The van der Waals surface area contributed by atoms with E-state index in [4.69, 9.17) is 11.6 Å². The first-order valence-corrected chi connectivity index (χ1v) is 9.29. The molecule has 0 aliphatic heterocycles. The van der Waals surface area contributed by atoms with Gasteiger partial charge in [0.1, 0.15) is 11.3 Å². The van der Waals surface area contributed by atoms with Gasteiger partial charge in [-0.2, -0.15) is 0 Å². The Kier molecular flexibility index (Phi) is 4.31. The molecule has 2 heterocycles. The number of aryl methyl sites for hydroxylation is 1.